The fraction of sp³-hybridized carbons (Fsp3) is 0.0968. The van der Waals surface area contributed by atoms with Gasteiger partial charge in [0.05, 0.1) is 22.7 Å². The lowest BCUT2D eigenvalue weighted by Crippen LogP contribution is -2.27. The van der Waals surface area contributed by atoms with Crippen LogP contribution in [0.25, 0.3) is 22.0 Å². The summed E-state index contributed by atoms with van der Waals surface area (Å²) in [6.07, 6.45) is -2.87. The first-order valence-corrected chi connectivity index (χ1v) is 13.3. The van der Waals surface area contributed by atoms with Gasteiger partial charge in [-0.1, -0.05) is 23.9 Å². The van der Waals surface area contributed by atoms with E-state index in [0.717, 1.165) is 42.1 Å². The molecule has 3 N–H and O–H groups in total. The molecular formula is C31H21F5N2O3S. The minimum Gasteiger partial charge on any atom is -0.478 e. The van der Waals surface area contributed by atoms with Gasteiger partial charge in [0, 0.05) is 33.0 Å². The summed E-state index contributed by atoms with van der Waals surface area (Å²) in [5, 5.41) is 12.5. The van der Waals surface area contributed by atoms with Crippen LogP contribution in [0.2, 0.25) is 0 Å². The van der Waals surface area contributed by atoms with Crippen molar-refractivity contribution in [3.05, 3.63) is 119 Å². The van der Waals surface area contributed by atoms with Crippen molar-refractivity contribution in [3.8, 4) is 11.1 Å². The molecule has 11 heteroatoms. The van der Waals surface area contributed by atoms with Gasteiger partial charge >= 0.3 is 12.1 Å². The second-order valence-electron chi connectivity index (χ2n) is 9.50. The number of H-pyrrole nitrogens is 1. The van der Waals surface area contributed by atoms with Gasteiger partial charge in [-0.15, -0.1) is 0 Å². The smallest absolute Gasteiger partial charge is 0.416 e. The van der Waals surface area contributed by atoms with Crippen molar-refractivity contribution in [2.45, 2.75) is 28.9 Å². The molecule has 0 radical (unpaired) electrons. The maximum Gasteiger partial charge on any atom is 0.416 e. The summed E-state index contributed by atoms with van der Waals surface area (Å²) >= 11 is 1.15. The van der Waals surface area contributed by atoms with Gasteiger partial charge in [-0.25, -0.2) is 13.6 Å². The van der Waals surface area contributed by atoms with Crippen molar-refractivity contribution in [3.63, 3.8) is 0 Å². The van der Waals surface area contributed by atoms with Crippen LogP contribution in [-0.2, 0) is 6.18 Å². The maximum absolute atomic E-state index is 14.0. The normalized spacial score (nSPS) is 12.3. The lowest BCUT2D eigenvalue weighted by molar-refractivity contribution is -0.137. The zero-order valence-corrected chi connectivity index (χ0v) is 22.5. The number of carboxylic acids is 1. The topological polar surface area (TPSA) is 82.2 Å². The first kappa shape index (κ1) is 28.9. The number of hydrogen-bond acceptors (Lipinski definition) is 3. The monoisotopic (exact) mass is 596 g/mol. The molecule has 5 aromatic rings. The quantitative estimate of drug-likeness (QED) is 0.165. The van der Waals surface area contributed by atoms with Gasteiger partial charge in [0.1, 0.15) is 11.6 Å². The first-order valence-electron chi connectivity index (χ1n) is 12.5. The molecular weight excluding hydrogens is 575 g/mol. The molecule has 42 heavy (non-hydrogen) atoms. The number of rotatable bonds is 7. The molecule has 1 amide bonds. The Kier molecular flexibility index (Phi) is 7.79. The van der Waals surface area contributed by atoms with E-state index in [9.17, 15) is 31.5 Å². The Bertz CT molecular complexity index is 1780. The summed E-state index contributed by atoms with van der Waals surface area (Å²) in [6.45, 7) is 1.71. The molecule has 1 heterocycles. The molecule has 0 aliphatic heterocycles. The van der Waals surface area contributed by atoms with Crippen molar-refractivity contribution in [2.24, 2.45) is 0 Å². The molecule has 0 fully saturated rings. The van der Waals surface area contributed by atoms with Gasteiger partial charge < -0.3 is 15.4 Å². The predicted octanol–water partition coefficient (Wildman–Crippen LogP) is 8.47. The molecule has 0 saturated carbocycles. The fourth-order valence-electron chi connectivity index (χ4n) is 4.49. The Morgan fingerprint density at radius 2 is 1.50 bits per heavy atom. The van der Waals surface area contributed by atoms with E-state index >= 15 is 0 Å². The van der Waals surface area contributed by atoms with Crippen molar-refractivity contribution >= 4 is 34.5 Å². The third-order valence-corrected chi connectivity index (χ3v) is 7.65. The van der Waals surface area contributed by atoms with Crippen LogP contribution in [0.1, 0.15) is 44.8 Å². The number of halogens is 5. The van der Waals surface area contributed by atoms with Crippen LogP contribution in [0, 0.1) is 11.6 Å². The summed E-state index contributed by atoms with van der Waals surface area (Å²) in [7, 11) is 0. The van der Waals surface area contributed by atoms with Crippen LogP contribution in [0.5, 0.6) is 0 Å². The van der Waals surface area contributed by atoms with Gasteiger partial charge in [-0.2, -0.15) is 13.2 Å². The van der Waals surface area contributed by atoms with E-state index in [1.165, 1.54) is 30.3 Å². The lowest BCUT2D eigenvalue weighted by Gasteiger charge is -2.16. The first-order chi connectivity index (χ1) is 19.9. The second-order valence-corrected chi connectivity index (χ2v) is 10.6. The largest absolute Gasteiger partial charge is 0.478 e. The summed E-state index contributed by atoms with van der Waals surface area (Å²) in [6, 6.07) is 16.2. The molecule has 0 aliphatic rings. The number of aromatic amines is 1. The molecule has 5 nitrogen and oxygen atoms in total. The predicted molar refractivity (Wildman–Crippen MR) is 149 cm³/mol. The number of nitrogens with one attached hydrogen (secondary N) is 2. The van der Waals surface area contributed by atoms with E-state index in [1.54, 1.807) is 31.3 Å². The van der Waals surface area contributed by atoms with Gasteiger partial charge in [0.2, 0.25) is 0 Å². The minimum absolute atomic E-state index is 0.0891. The Hall–Kier alpha value is -4.64. The van der Waals surface area contributed by atoms with Gasteiger partial charge in [-0.3, -0.25) is 4.79 Å². The fourth-order valence-corrected chi connectivity index (χ4v) is 5.46. The number of aromatic carboxylic acids is 1. The number of carboxylic acid groups (broad SMARTS) is 1. The summed E-state index contributed by atoms with van der Waals surface area (Å²) in [5.74, 6) is -3.20. The highest BCUT2D eigenvalue weighted by Crippen LogP contribution is 2.39. The molecule has 0 saturated heterocycles. The highest BCUT2D eigenvalue weighted by molar-refractivity contribution is 7.99. The van der Waals surface area contributed by atoms with E-state index < -0.39 is 41.3 Å². The maximum atomic E-state index is 14.0. The Morgan fingerprint density at radius 3 is 2.10 bits per heavy atom. The Morgan fingerprint density at radius 1 is 0.881 bits per heavy atom. The molecule has 0 aliphatic carbocycles. The van der Waals surface area contributed by atoms with Crippen molar-refractivity contribution in [2.75, 3.05) is 0 Å². The average molecular weight is 597 g/mol. The van der Waals surface area contributed by atoms with Crippen LogP contribution in [-0.4, -0.2) is 22.0 Å². The molecule has 4 aromatic carbocycles. The van der Waals surface area contributed by atoms with E-state index in [0.29, 0.717) is 31.8 Å². The van der Waals surface area contributed by atoms with E-state index in [-0.39, 0.29) is 16.7 Å². The zero-order chi connectivity index (χ0) is 30.2. The van der Waals surface area contributed by atoms with E-state index in [2.05, 4.69) is 10.3 Å². The number of hydrogen-bond donors (Lipinski definition) is 3. The highest BCUT2D eigenvalue weighted by atomic mass is 32.2. The lowest BCUT2D eigenvalue weighted by atomic mass is 9.99. The number of alkyl halides is 3. The molecule has 5 rings (SSSR count). The third kappa shape index (κ3) is 6.15. The number of carbonyl (C=O) groups excluding carboxylic acids is 1. The van der Waals surface area contributed by atoms with Gasteiger partial charge in [-0.05, 0) is 84.3 Å². The number of amides is 1. The average Bonchev–Trinajstić information content (AvgIpc) is 3.34. The van der Waals surface area contributed by atoms with Crippen LogP contribution >= 0.6 is 11.8 Å². The van der Waals surface area contributed by atoms with Crippen molar-refractivity contribution in [1.29, 1.82) is 0 Å². The zero-order valence-electron chi connectivity index (χ0n) is 21.7. The molecule has 1 atom stereocenters. The number of carbonyl (C=O) groups is 2. The Balaban J connectivity index is 1.55. The second kappa shape index (κ2) is 11.3. The van der Waals surface area contributed by atoms with Crippen LogP contribution in [0.4, 0.5) is 22.0 Å². The summed E-state index contributed by atoms with van der Waals surface area (Å²) < 4.78 is 67.2. The SMILES string of the molecule is C[C@H](NC(=O)c1cc(-c2cc(F)cc(F)c2)cc2[nH]cc(Sc3ccc(C(F)(F)F)cc3)c12)c1ccc(C(=O)O)cc1. The van der Waals surface area contributed by atoms with Crippen LogP contribution in [0.3, 0.4) is 0 Å². The van der Waals surface area contributed by atoms with Crippen molar-refractivity contribution in [1.82, 2.24) is 10.3 Å². The van der Waals surface area contributed by atoms with Gasteiger partial charge in [0.15, 0.2) is 0 Å². The molecule has 214 valence electrons. The number of benzene rings is 4. The van der Waals surface area contributed by atoms with E-state index in [4.69, 9.17) is 5.11 Å². The number of aromatic nitrogens is 1. The third-order valence-electron chi connectivity index (χ3n) is 6.60. The highest BCUT2D eigenvalue weighted by Gasteiger charge is 2.30. The number of fused-ring (bicyclic) bond motifs is 1. The molecule has 0 bridgehead atoms. The van der Waals surface area contributed by atoms with Gasteiger partial charge in [0.25, 0.3) is 5.91 Å². The Labute approximate surface area is 240 Å². The van der Waals surface area contributed by atoms with Crippen LogP contribution in [0.15, 0.2) is 94.9 Å². The molecule has 0 unspecified atom stereocenters. The van der Waals surface area contributed by atoms with E-state index in [1.807, 2.05) is 0 Å². The molecule has 1 aromatic heterocycles. The summed E-state index contributed by atoms with van der Waals surface area (Å²) in [5.41, 5.74) is 1.13. The minimum atomic E-state index is -4.48. The standard InChI is InChI=1S/C31H21F5N2O3S/c1-16(17-2-4-18(5-3-17)30(40)41)38-29(39)25-12-20(19-10-22(32)14-23(33)11-19)13-26-28(25)27(15-37-26)42-24-8-6-21(7-9-24)31(34,35)36/h2-16,37H,1H3,(H,38,39)(H,40,41)/t16-/m0/s1. The molecule has 0 spiro atoms. The van der Waals surface area contributed by atoms with Crippen LogP contribution < -0.4 is 5.32 Å². The summed E-state index contributed by atoms with van der Waals surface area (Å²) in [4.78, 5) is 29.0. The van der Waals surface area contributed by atoms with Crippen molar-refractivity contribution < 1.29 is 36.6 Å².